The molecule has 2 N–H and O–H groups in total. The van der Waals surface area contributed by atoms with E-state index in [1.807, 2.05) is 18.2 Å². The van der Waals surface area contributed by atoms with Crippen molar-refractivity contribution in [3.8, 4) is 11.5 Å². The number of nitrogens with one attached hydrogen (secondary N) is 1. The molecule has 0 aromatic heterocycles. The lowest BCUT2D eigenvalue weighted by Crippen LogP contribution is -2.17. The van der Waals surface area contributed by atoms with E-state index in [-0.39, 0.29) is 5.75 Å². The first-order valence-corrected chi connectivity index (χ1v) is 7.36. The van der Waals surface area contributed by atoms with Crippen LogP contribution in [0.25, 0.3) is 0 Å². The summed E-state index contributed by atoms with van der Waals surface area (Å²) < 4.78 is 5.14. The van der Waals surface area contributed by atoms with Crippen LogP contribution in [0.4, 0.5) is 0 Å². The summed E-state index contributed by atoms with van der Waals surface area (Å²) in [4.78, 5) is 0. The molecule has 0 aliphatic heterocycles. The van der Waals surface area contributed by atoms with Crippen LogP contribution < -0.4 is 10.1 Å². The molecule has 0 heterocycles. The van der Waals surface area contributed by atoms with Gasteiger partial charge in [-0.05, 0) is 48.9 Å². The molecule has 112 valence electrons. The van der Waals surface area contributed by atoms with Crippen molar-refractivity contribution >= 4 is 23.2 Å². The summed E-state index contributed by atoms with van der Waals surface area (Å²) in [5.41, 5.74) is 1.85. The molecule has 0 amide bonds. The van der Waals surface area contributed by atoms with Crippen molar-refractivity contribution in [2.45, 2.75) is 13.0 Å². The van der Waals surface area contributed by atoms with Gasteiger partial charge in [0, 0.05) is 22.2 Å². The highest BCUT2D eigenvalue weighted by Gasteiger charge is 2.04. The van der Waals surface area contributed by atoms with Crippen molar-refractivity contribution < 1.29 is 9.84 Å². The highest BCUT2D eigenvalue weighted by atomic mass is 35.5. The lowest BCUT2D eigenvalue weighted by Gasteiger charge is -2.09. The molecule has 0 atom stereocenters. The van der Waals surface area contributed by atoms with Gasteiger partial charge in [-0.1, -0.05) is 29.3 Å². The third kappa shape index (κ3) is 4.53. The Hall–Kier alpha value is -1.42. The van der Waals surface area contributed by atoms with Gasteiger partial charge in [0.15, 0.2) is 0 Å². The Labute approximate surface area is 134 Å². The highest BCUT2D eigenvalue weighted by molar-refractivity contribution is 6.35. The van der Waals surface area contributed by atoms with Crippen molar-refractivity contribution in [1.82, 2.24) is 5.32 Å². The molecule has 0 saturated heterocycles. The van der Waals surface area contributed by atoms with Crippen LogP contribution in [0.3, 0.4) is 0 Å². The molecule has 0 bridgehead atoms. The van der Waals surface area contributed by atoms with E-state index < -0.39 is 0 Å². The first kappa shape index (κ1) is 16.0. The number of aromatic hydroxyl groups is 1. The number of hydrogen-bond acceptors (Lipinski definition) is 3. The fourth-order valence-corrected chi connectivity index (χ4v) is 2.50. The Morgan fingerprint density at radius 3 is 2.62 bits per heavy atom. The Bertz CT molecular complexity index is 617. The van der Waals surface area contributed by atoms with E-state index in [0.717, 1.165) is 29.8 Å². The maximum atomic E-state index is 9.79. The molecule has 0 aliphatic rings. The second kappa shape index (κ2) is 7.55. The minimum Gasteiger partial charge on any atom is -0.508 e. The smallest absolute Gasteiger partial charge is 0.120 e. The van der Waals surface area contributed by atoms with Crippen LogP contribution in [0.2, 0.25) is 10.0 Å². The van der Waals surface area contributed by atoms with Crippen LogP contribution in [-0.4, -0.2) is 18.8 Å². The fraction of sp³-hybridized carbons (Fsp3) is 0.250. The summed E-state index contributed by atoms with van der Waals surface area (Å²) in [6, 6.07) is 10.7. The molecule has 0 spiro atoms. The standard InChI is InChI=1S/C16H17Cl2NO2/c1-21-14-4-5-16(20)12(8-14)10-19-7-6-11-2-3-13(17)9-15(11)18/h2-5,8-9,19-20H,6-7,10H2,1H3. The molecular weight excluding hydrogens is 309 g/mol. The van der Waals surface area contributed by atoms with Gasteiger partial charge in [0.1, 0.15) is 11.5 Å². The van der Waals surface area contributed by atoms with Crippen LogP contribution in [0.1, 0.15) is 11.1 Å². The average molecular weight is 326 g/mol. The van der Waals surface area contributed by atoms with Gasteiger partial charge in [-0.2, -0.15) is 0 Å². The van der Waals surface area contributed by atoms with Crippen LogP contribution in [-0.2, 0) is 13.0 Å². The maximum absolute atomic E-state index is 9.79. The Balaban J connectivity index is 1.87. The normalized spacial score (nSPS) is 10.6. The van der Waals surface area contributed by atoms with E-state index in [4.69, 9.17) is 27.9 Å². The lowest BCUT2D eigenvalue weighted by atomic mass is 10.1. The van der Waals surface area contributed by atoms with Crippen LogP contribution >= 0.6 is 23.2 Å². The molecule has 0 radical (unpaired) electrons. The van der Waals surface area contributed by atoms with Crippen molar-refractivity contribution in [2.24, 2.45) is 0 Å². The summed E-state index contributed by atoms with van der Waals surface area (Å²) >= 11 is 12.0. The second-order valence-corrected chi connectivity index (χ2v) is 5.50. The van der Waals surface area contributed by atoms with Gasteiger partial charge in [0.2, 0.25) is 0 Å². The van der Waals surface area contributed by atoms with E-state index in [2.05, 4.69) is 5.32 Å². The average Bonchev–Trinajstić information content (AvgIpc) is 2.47. The predicted molar refractivity (Wildman–Crippen MR) is 86.5 cm³/mol. The molecule has 0 saturated carbocycles. The molecule has 3 nitrogen and oxygen atoms in total. The monoisotopic (exact) mass is 325 g/mol. The van der Waals surface area contributed by atoms with Gasteiger partial charge in [0.25, 0.3) is 0 Å². The van der Waals surface area contributed by atoms with Gasteiger partial charge < -0.3 is 15.2 Å². The van der Waals surface area contributed by atoms with Crippen molar-refractivity contribution in [3.63, 3.8) is 0 Å². The van der Waals surface area contributed by atoms with E-state index in [0.29, 0.717) is 16.6 Å². The predicted octanol–water partition coefficient (Wildman–Crippen LogP) is 4.04. The van der Waals surface area contributed by atoms with E-state index in [1.165, 1.54) is 0 Å². The van der Waals surface area contributed by atoms with Gasteiger partial charge in [0.05, 0.1) is 7.11 Å². The second-order valence-electron chi connectivity index (χ2n) is 4.66. The highest BCUT2D eigenvalue weighted by Crippen LogP contribution is 2.23. The maximum Gasteiger partial charge on any atom is 0.120 e. The Kier molecular flexibility index (Phi) is 5.74. The number of halogens is 2. The zero-order chi connectivity index (χ0) is 15.2. The molecule has 2 rings (SSSR count). The molecule has 2 aromatic carbocycles. The Morgan fingerprint density at radius 1 is 1.10 bits per heavy atom. The largest absolute Gasteiger partial charge is 0.508 e. The number of methoxy groups -OCH3 is 1. The van der Waals surface area contributed by atoms with Gasteiger partial charge in [-0.25, -0.2) is 0 Å². The van der Waals surface area contributed by atoms with Crippen molar-refractivity contribution in [2.75, 3.05) is 13.7 Å². The summed E-state index contributed by atoms with van der Waals surface area (Å²) in [5.74, 6) is 0.984. The summed E-state index contributed by atoms with van der Waals surface area (Å²) in [6.07, 6.45) is 0.792. The molecule has 5 heteroatoms. The molecule has 21 heavy (non-hydrogen) atoms. The van der Waals surface area contributed by atoms with E-state index in [1.54, 1.807) is 25.3 Å². The number of benzene rings is 2. The Morgan fingerprint density at radius 2 is 1.90 bits per heavy atom. The molecule has 0 aliphatic carbocycles. The number of phenolic OH excluding ortho intramolecular Hbond substituents is 1. The van der Waals surface area contributed by atoms with Crippen molar-refractivity contribution in [3.05, 3.63) is 57.6 Å². The molecular formula is C16H17Cl2NO2. The lowest BCUT2D eigenvalue weighted by molar-refractivity contribution is 0.410. The minimum atomic E-state index is 0.257. The quantitative estimate of drug-likeness (QED) is 0.787. The summed E-state index contributed by atoms with van der Waals surface area (Å²) in [6.45, 7) is 1.31. The van der Waals surface area contributed by atoms with Gasteiger partial charge in [-0.15, -0.1) is 0 Å². The topological polar surface area (TPSA) is 41.5 Å². The minimum absolute atomic E-state index is 0.257. The fourth-order valence-electron chi connectivity index (χ4n) is 2.00. The first-order valence-electron chi connectivity index (χ1n) is 6.60. The third-order valence-corrected chi connectivity index (χ3v) is 3.78. The van der Waals surface area contributed by atoms with Crippen LogP contribution in [0.15, 0.2) is 36.4 Å². The first-order chi connectivity index (χ1) is 10.1. The molecule has 2 aromatic rings. The van der Waals surface area contributed by atoms with Gasteiger partial charge >= 0.3 is 0 Å². The summed E-state index contributed by atoms with van der Waals surface area (Å²) in [7, 11) is 1.60. The number of phenols is 1. The zero-order valence-electron chi connectivity index (χ0n) is 11.7. The molecule has 0 fully saturated rings. The van der Waals surface area contributed by atoms with Crippen LogP contribution in [0.5, 0.6) is 11.5 Å². The number of rotatable bonds is 6. The van der Waals surface area contributed by atoms with E-state index in [9.17, 15) is 5.11 Å². The van der Waals surface area contributed by atoms with Gasteiger partial charge in [-0.3, -0.25) is 0 Å². The third-order valence-electron chi connectivity index (χ3n) is 3.19. The molecule has 0 unspecified atom stereocenters. The number of ether oxygens (including phenoxy) is 1. The van der Waals surface area contributed by atoms with E-state index >= 15 is 0 Å². The number of hydrogen-bond donors (Lipinski definition) is 2. The zero-order valence-corrected chi connectivity index (χ0v) is 13.2. The van der Waals surface area contributed by atoms with Crippen LogP contribution in [0, 0.1) is 0 Å². The van der Waals surface area contributed by atoms with Crippen molar-refractivity contribution in [1.29, 1.82) is 0 Å². The SMILES string of the molecule is COc1ccc(O)c(CNCCc2ccc(Cl)cc2Cl)c1. The summed E-state index contributed by atoms with van der Waals surface area (Å²) in [5, 5.41) is 14.4.